The number of hydrogen-bond donors (Lipinski definition) is 0. The number of para-hydroxylation sites is 2. The van der Waals surface area contributed by atoms with E-state index in [-0.39, 0.29) is 11.0 Å². The fraction of sp³-hybridized carbons (Fsp3) is 0.107. The molecular weight excluding hydrogens is 408 g/mol. The Morgan fingerprint density at radius 3 is 2.06 bits per heavy atom. The molecule has 1 aliphatic carbocycles. The first-order chi connectivity index (χ1) is 16.0. The summed E-state index contributed by atoms with van der Waals surface area (Å²) in [5, 5.41) is 18.1. The molecule has 2 heterocycles. The van der Waals surface area contributed by atoms with Crippen LogP contribution in [0.15, 0.2) is 89.0 Å². The topological polar surface area (TPSA) is 76.8 Å². The summed E-state index contributed by atoms with van der Waals surface area (Å²) in [5.74, 6) is 1.17. The zero-order valence-electron chi connectivity index (χ0n) is 18.3. The first-order valence-corrected chi connectivity index (χ1v) is 10.6. The molecule has 33 heavy (non-hydrogen) atoms. The molecule has 5 heteroatoms. The van der Waals surface area contributed by atoms with Gasteiger partial charge in [0.25, 0.3) is 0 Å². The maximum atomic E-state index is 9.07. The molecule has 0 amide bonds. The fourth-order valence-corrected chi connectivity index (χ4v) is 4.33. The Balaban J connectivity index is 1.63. The molecule has 0 unspecified atom stereocenters. The largest absolute Gasteiger partial charge is 0.455 e. The third kappa shape index (κ3) is 3.37. The highest BCUT2D eigenvalue weighted by Crippen LogP contribution is 2.51. The van der Waals surface area contributed by atoms with Crippen molar-refractivity contribution in [3.63, 3.8) is 0 Å². The third-order valence-electron chi connectivity index (χ3n) is 6.00. The Morgan fingerprint density at radius 2 is 1.48 bits per heavy atom. The molecule has 1 aliphatic rings. The van der Waals surface area contributed by atoms with E-state index in [2.05, 4.69) is 49.1 Å². The molecule has 0 spiro atoms. The number of pyridine rings is 1. The maximum absolute atomic E-state index is 9.07. The van der Waals surface area contributed by atoms with Crippen molar-refractivity contribution >= 4 is 23.1 Å². The molecule has 4 aromatic rings. The fourth-order valence-electron chi connectivity index (χ4n) is 4.33. The lowest BCUT2D eigenvalue weighted by Crippen LogP contribution is -2.16. The van der Waals surface area contributed by atoms with E-state index < -0.39 is 0 Å². The van der Waals surface area contributed by atoms with Crippen molar-refractivity contribution in [2.24, 2.45) is 0 Å². The number of aromatic nitrogens is 1. The molecule has 0 fully saturated rings. The quantitative estimate of drug-likeness (QED) is 0.331. The molecule has 5 nitrogen and oxygen atoms in total. The molecular formula is C28H20N4O. The van der Waals surface area contributed by atoms with Crippen LogP contribution in [-0.2, 0) is 5.41 Å². The Kier molecular flexibility index (Phi) is 4.81. The first kappa shape index (κ1) is 20.3. The Morgan fingerprint density at radius 1 is 0.879 bits per heavy atom. The molecule has 0 bridgehead atoms. The maximum Gasteiger partial charge on any atom is 0.157 e. The SMILES string of the molecule is CC1(C)c2cc(N(c3ccccc3)c3ccccc3)cnc2-c2oc(C=C(C#N)C#N)cc21. The monoisotopic (exact) mass is 428 g/mol. The zero-order chi connectivity index (χ0) is 23.0. The van der Waals surface area contributed by atoms with Crippen LogP contribution < -0.4 is 4.90 Å². The van der Waals surface area contributed by atoms with Crippen LogP contribution in [0, 0.1) is 22.7 Å². The predicted molar refractivity (Wildman–Crippen MR) is 128 cm³/mol. The zero-order valence-corrected chi connectivity index (χ0v) is 18.3. The van der Waals surface area contributed by atoms with Gasteiger partial charge < -0.3 is 9.32 Å². The van der Waals surface area contributed by atoms with E-state index in [1.807, 2.05) is 60.8 Å². The number of fused-ring (bicyclic) bond motifs is 3. The van der Waals surface area contributed by atoms with Crippen LogP contribution in [-0.4, -0.2) is 4.98 Å². The van der Waals surface area contributed by atoms with Gasteiger partial charge in [-0.1, -0.05) is 50.2 Å². The second kappa shape index (κ2) is 7.82. The molecule has 2 aromatic heterocycles. The number of furan rings is 1. The number of nitrogens with zero attached hydrogens (tertiary/aromatic N) is 4. The summed E-state index contributed by atoms with van der Waals surface area (Å²) >= 11 is 0. The van der Waals surface area contributed by atoms with Gasteiger partial charge in [0, 0.05) is 28.4 Å². The Hall–Kier alpha value is -4.61. The summed E-state index contributed by atoms with van der Waals surface area (Å²) in [5.41, 5.74) is 5.57. The summed E-state index contributed by atoms with van der Waals surface area (Å²) in [6.07, 6.45) is 3.33. The summed E-state index contributed by atoms with van der Waals surface area (Å²) in [6.45, 7) is 4.27. The average Bonchev–Trinajstić information content (AvgIpc) is 3.36. The highest BCUT2D eigenvalue weighted by molar-refractivity contribution is 5.81. The molecule has 2 aromatic carbocycles. The van der Waals surface area contributed by atoms with Gasteiger partial charge in [0.1, 0.15) is 29.2 Å². The second-order valence-electron chi connectivity index (χ2n) is 8.39. The smallest absolute Gasteiger partial charge is 0.157 e. The van der Waals surface area contributed by atoms with E-state index in [4.69, 9.17) is 19.9 Å². The summed E-state index contributed by atoms with van der Waals surface area (Å²) < 4.78 is 6.04. The van der Waals surface area contributed by atoms with Gasteiger partial charge in [-0.15, -0.1) is 0 Å². The molecule has 0 saturated heterocycles. The van der Waals surface area contributed by atoms with Crippen molar-refractivity contribution in [1.82, 2.24) is 4.98 Å². The Bertz CT molecular complexity index is 1400. The second-order valence-corrected chi connectivity index (χ2v) is 8.39. The summed E-state index contributed by atoms with van der Waals surface area (Å²) in [7, 11) is 0. The highest BCUT2D eigenvalue weighted by atomic mass is 16.3. The van der Waals surface area contributed by atoms with Gasteiger partial charge in [0.05, 0.1) is 11.9 Å². The van der Waals surface area contributed by atoms with Crippen molar-refractivity contribution in [3.05, 3.63) is 101 Å². The van der Waals surface area contributed by atoms with E-state index in [9.17, 15) is 0 Å². The minimum Gasteiger partial charge on any atom is -0.455 e. The Labute approximate surface area is 192 Å². The van der Waals surface area contributed by atoms with Gasteiger partial charge in [-0.3, -0.25) is 4.98 Å². The van der Waals surface area contributed by atoms with Gasteiger partial charge in [0.2, 0.25) is 0 Å². The lowest BCUT2D eigenvalue weighted by Gasteiger charge is -2.27. The van der Waals surface area contributed by atoms with Crippen LogP contribution in [0.25, 0.3) is 17.5 Å². The third-order valence-corrected chi connectivity index (χ3v) is 6.00. The van der Waals surface area contributed by atoms with Crippen LogP contribution in [0.1, 0.15) is 30.7 Å². The standard InChI is InChI=1S/C28H20N4O/c1-28(2)24-14-22(32(20-9-5-3-6-10-20)21-11-7-4-8-12-21)18-31-26(24)27-25(28)15-23(33-27)13-19(16-29)17-30/h3-15,18H,1-2H3. The van der Waals surface area contributed by atoms with Gasteiger partial charge in [0.15, 0.2) is 5.76 Å². The molecule has 158 valence electrons. The van der Waals surface area contributed by atoms with Gasteiger partial charge in [-0.25, -0.2) is 0 Å². The van der Waals surface area contributed by atoms with Crippen molar-refractivity contribution in [2.45, 2.75) is 19.3 Å². The van der Waals surface area contributed by atoms with Crippen LogP contribution in [0.2, 0.25) is 0 Å². The molecule has 0 aliphatic heterocycles. The lowest BCUT2D eigenvalue weighted by atomic mass is 9.83. The van der Waals surface area contributed by atoms with Gasteiger partial charge in [-0.05, 0) is 42.0 Å². The number of rotatable bonds is 4. The molecule has 0 saturated carbocycles. The summed E-state index contributed by atoms with van der Waals surface area (Å²) in [4.78, 5) is 7.00. The minimum atomic E-state index is -0.345. The van der Waals surface area contributed by atoms with E-state index in [1.165, 1.54) is 6.08 Å². The molecule has 5 rings (SSSR count). The van der Waals surface area contributed by atoms with E-state index in [0.717, 1.165) is 33.9 Å². The number of allylic oxidation sites excluding steroid dienone is 1. The number of hydrogen-bond acceptors (Lipinski definition) is 5. The average molecular weight is 428 g/mol. The number of benzene rings is 2. The molecule has 0 atom stereocenters. The van der Waals surface area contributed by atoms with E-state index in [0.29, 0.717) is 11.5 Å². The van der Waals surface area contributed by atoms with Crippen LogP contribution >= 0.6 is 0 Å². The van der Waals surface area contributed by atoms with Crippen molar-refractivity contribution in [1.29, 1.82) is 10.5 Å². The summed E-state index contributed by atoms with van der Waals surface area (Å²) in [6, 6.07) is 28.2. The van der Waals surface area contributed by atoms with E-state index >= 15 is 0 Å². The predicted octanol–water partition coefficient (Wildman–Crippen LogP) is 6.88. The highest BCUT2D eigenvalue weighted by Gasteiger charge is 2.40. The van der Waals surface area contributed by atoms with Crippen LogP contribution in [0.4, 0.5) is 17.1 Å². The molecule has 0 N–H and O–H groups in total. The van der Waals surface area contributed by atoms with Crippen molar-refractivity contribution in [2.75, 3.05) is 4.90 Å². The van der Waals surface area contributed by atoms with E-state index in [1.54, 1.807) is 0 Å². The minimum absolute atomic E-state index is 0.00474. The van der Waals surface area contributed by atoms with Crippen molar-refractivity contribution in [3.8, 4) is 23.6 Å². The van der Waals surface area contributed by atoms with Crippen LogP contribution in [0.5, 0.6) is 0 Å². The first-order valence-electron chi connectivity index (χ1n) is 10.6. The van der Waals surface area contributed by atoms with Gasteiger partial charge >= 0.3 is 0 Å². The van der Waals surface area contributed by atoms with Gasteiger partial charge in [-0.2, -0.15) is 10.5 Å². The number of anilines is 3. The van der Waals surface area contributed by atoms with Crippen LogP contribution in [0.3, 0.4) is 0 Å². The van der Waals surface area contributed by atoms with Crippen molar-refractivity contribution < 1.29 is 4.42 Å². The normalized spacial score (nSPS) is 12.7. The lowest BCUT2D eigenvalue weighted by molar-refractivity contribution is 0.567. The molecule has 0 radical (unpaired) electrons. The number of nitriles is 2.